The van der Waals surface area contributed by atoms with Gasteiger partial charge in [-0.05, 0) is 47.5 Å². The predicted molar refractivity (Wildman–Crippen MR) is 77.9 cm³/mol. The van der Waals surface area contributed by atoms with Crippen LogP contribution in [0.5, 0.6) is 0 Å². The van der Waals surface area contributed by atoms with E-state index in [1.54, 1.807) is 24.7 Å². The summed E-state index contributed by atoms with van der Waals surface area (Å²) in [6.45, 7) is 3.79. The maximum absolute atomic E-state index is 11.6. The lowest BCUT2D eigenvalue weighted by Crippen LogP contribution is -2.03. The minimum atomic E-state index is -0.534. The van der Waals surface area contributed by atoms with E-state index in [-0.39, 0.29) is 0 Å². The first-order valence-corrected chi connectivity index (χ1v) is 7.02. The fourth-order valence-electron chi connectivity index (χ4n) is 1.74. The van der Waals surface area contributed by atoms with Gasteiger partial charge in [-0.15, -0.1) is 0 Å². The van der Waals surface area contributed by atoms with Crippen LogP contribution < -0.4 is 0 Å². The second-order valence-electron chi connectivity index (χ2n) is 4.28. The second-order valence-corrected chi connectivity index (χ2v) is 5.14. The number of aromatic nitrogens is 2. The van der Waals surface area contributed by atoms with Crippen LogP contribution in [0.25, 0.3) is 5.69 Å². The molecular formula is C14H15BrN2O3. The first kappa shape index (κ1) is 14.7. The largest absolute Gasteiger partial charge is 0.462 e. The third-order valence-electron chi connectivity index (χ3n) is 2.79. The molecule has 0 aliphatic carbocycles. The molecule has 5 nitrogen and oxygen atoms in total. The summed E-state index contributed by atoms with van der Waals surface area (Å²) in [4.78, 5) is 11.6. The maximum Gasteiger partial charge on any atom is 0.341 e. The number of carbonyl (C=O) groups is 1. The molecule has 0 aliphatic rings. The molecule has 0 aliphatic heterocycles. The third-order valence-corrected chi connectivity index (χ3v) is 3.43. The Morgan fingerprint density at radius 3 is 2.90 bits per heavy atom. The summed E-state index contributed by atoms with van der Waals surface area (Å²) >= 11 is 3.44. The fraction of sp³-hybridized carbons (Fsp3) is 0.286. The number of nitrogens with zero attached hydrogens (tertiary/aromatic N) is 2. The summed E-state index contributed by atoms with van der Waals surface area (Å²) in [5, 5.41) is 13.7. The zero-order chi connectivity index (χ0) is 14.7. The Labute approximate surface area is 125 Å². The normalized spacial score (nSPS) is 12.2. The van der Waals surface area contributed by atoms with E-state index in [9.17, 15) is 9.90 Å². The summed E-state index contributed by atoms with van der Waals surface area (Å²) in [7, 11) is 0. The van der Waals surface area contributed by atoms with Crippen LogP contribution in [0, 0.1) is 0 Å². The molecule has 2 aromatic rings. The molecule has 0 spiro atoms. The van der Waals surface area contributed by atoms with Crippen molar-refractivity contribution in [2.24, 2.45) is 0 Å². The van der Waals surface area contributed by atoms with E-state index in [0.717, 1.165) is 15.7 Å². The number of hydrogen-bond donors (Lipinski definition) is 1. The first-order chi connectivity index (χ1) is 9.52. The highest BCUT2D eigenvalue weighted by atomic mass is 79.9. The Hall–Kier alpha value is -1.66. The van der Waals surface area contributed by atoms with Gasteiger partial charge in [-0.25, -0.2) is 9.48 Å². The Bertz CT molecular complexity index is 623. The van der Waals surface area contributed by atoms with Crippen molar-refractivity contribution >= 4 is 21.9 Å². The van der Waals surface area contributed by atoms with Gasteiger partial charge in [-0.2, -0.15) is 5.10 Å². The minimum absolute atomic E-state index is 0.330. The number of ether oxygens (including phenoxy) is 1. The molecule has 1 aromatic carbocycles. The highest BCUT2D eigenvalue weighted by Gasteiger charge is 2.12. The minimum Gasteiger partial charge on any atom is -0.462 e. The predicted octanol–water partition coefficient (Wildman–Crippen LogP) is 2.86. The summed E-state index contributed by atoms with van der Waals surface area (Å²) in [5.74, 6) is -0.393. The average Bonchev–Trinajstić information content (AvgIpc) is 2.88. The van der Waals surface area contributed by atoms with Gasteiger partial charge in [0, 0.05) is 10.7 Å². The molecule has 0 unspecified atom stereocenters. The van der Waals surface area contributed by atoms with Crippen molar-refractivity contribution in [1.29, 1.82) is 0 Å². The quantitative estimate of drug-likeness (QED) is 0.870. The number of esters is 1. The lowest BCUT2D eigenvalue weighted by atomic mass is 10.1. The molecule has 6 heteroatoms. The monoisotopic (exact) mass is 338 g/mol. The molecule has 2 rings (SSSR count). The second kappa shape index (κ2) is 6.19. The van der Waals surface area contributed by atoms with Gasteiger partial charge in [0.2, 0.25) is 0 Å². The zero-order valence-electron chi connectivity index (χ0n) is 11.2. The van der Waals surface area contributed by atoms with E-state index in [2.05, 4.69) is 21.0 Å². The van der Waals surface area contributed by atoms with Gasteiger partial charge in [0.05, 0.1) is 30.2 Å². The van der Waals surface area contributed by atoms with E-state index in [0.29, 0.717) is 12.2 Å². The molecule has 1 atom stereocenters. The summed E-state index contributed by atoms with van der Waals surface area (Å²) in [6, 6.07) is 5.47. The van der Waals surface area contributed by atoms with Crippen molar-refractivity contribution in [3.05, 3.63) is 46.2 Å². The molecule has 0 fully saturated rings. The number of benzene rings is 1. The Morgan fingerprint density at radius 1 is 1.55 bits per heavy atom. The molecule has 1 aromatic heterocycles. The molecule has 0 radical (unpaired) electrons. The van der Waals surface area contributed by atoms with Gasteiger partial charge in [-0.3, -0.25) is 0 Å². The smallest absolute Gasteiger partial charge is 0.341 e. The van der Waals surface area contributed by atoms with Gasteiger partial charge in [0.25, 0.3) is 0 Å². The van der Waals surface area contributed by atoms with Gasteiger partial charge < -0.3 is 9.84 Å². The molecular weight excluding hydrogens is 324 g/mol. The highest BCUT2D eigenvalue weighted by molar-refractivity contribution is 9.10. The van der Waals surface area contributed by atoms with Crippen molar-refractivity contribution in [3.8, 4) is 5.69 Å². The SMILES string of the molecule is CCOC(=O)c1cnn(-c2ccc([C@H](C)O)cc2Br)c1. The lowest BCUT2D eigenvalue weighted by Gasteiger charge is -2.09. The maximum atomic E-state index is 11.6. The molecule has 20 heavy (non-hydrogen) atoms. The van der Waals surface area contributed by atoms with Crippen LogP contribution in [-0.2, 0) is 4.74 Å². The summed E-state index contributed by atoms with van der Waals surface area (Å²) < 4.78 is 7.29. The van der Waals surface area contributed by atoms with Crippen molar-refractivity contribution < 1.29 is 14.6 Å². The van der Waals surface area contributed by atoms with E-state index in [1.807, 2.05) is 18.2 Å². The van der Waals surface area contributed by atoms with Crippen molar-refractivity contribution in [2.75, 3.05) is 6.61 Å². The number of hydrogen-bond acceptors (Lipinski definition) is 4. The summed E-state index contributed by atoms with van der Waals surface area (Å²) in [5.41, 5.74) is 1.99. The van der Waals surface area contributed by atoms with E-state index in [1.165, 1.54) is 6.20 Å². The molecule has 0 saturated carbocycles. The molecule has 0 bridgehead atoms. The van der Waals surface area contributed by atoms with E-state index in [4.69, 9.17) is 4.74 Å². The Balaban J connectivity index is 2.30. The Kier molecular flexibility index (Phi) is 4.57. The van der Waals surface area contributed by atoms with Crippen LogP contribution in [0.3, 0.4) is 0 Å². The van der Waals surface area contributed by atoms with Gasteiger partial charge in [-0.1, -0.05) is 6.07 Å². The van der Waals surface area contributed by atoms with Gasteiger partial charge in [0.15, 0.2) is 0 Å². The van der Waals surface area contributed by atoms with Gasteiger partial charge >= 0.3 is 5.97 Å². The van der Waals surface area contributed by atoms with Crippen LogP contribution in [0.2, 0.25) is 0 Å². The van der Waals surface area contributed by atoms with Crippen molar-refractivity contribution in [1.82, 2.24) is 9.78 Å². The fourth-order valence-corrected chi connectivity index (χ4v) is 2.32. The number of carbonyl (C=O) groups excluding carboxylic acids is 1. The number of halogens is 1. The zero-order valence-corrected chi connectivity index (χ0v) is 12.8. The topological polar surface area (TPSA) is 64.3 Å². The molecule has 1 heterocycles. The van der Waals surface area contributed by atoms with Crippen LogP contribution >= 0.6 is 15.9 Å². The number of rotatable bonds is 4. The van der Waals surface area contributed by atoms with Crippen LogP contribution in [0.15, 0.2) is 35.1 Å². The standard InChI is InChI=1S/C14H15BrN2O3/c1-3-20-14(19)11-7-16-17(8-11)13-5-4-10(9(2)18)6-12(13)15/h4-9,18H,3H2,1-2H3/t9-/m0/s1. The summed E-state index contributed by atoms with van der Waals surface area (Å²) in [6.07, 6.45) is 2.54. The van der Waals surface area contributed by atoms with Crippen LogP contribution in [0.4, 0.5) is 0 Å². The number of aliphatic hydroxyl groups excluding tert-OH is 1. The van der Waals surface area contributed by atoms with Crippen LogP contribution in [0.1, 0.15) is 35.9 Å². The molecule has 0 saturated heterocycles. The Morgan fingerprint density at radius 2 is 2.30 bits per heavy atom. The average molecular weight is 339 g/mol. The lowest BCUT2D eigenvalue weighted by molar-refractivity contribution is 0.0526. The molecule has 0 amide bonds. The third kappa shape index (κ3) is 3.08. The molecule has 106 valence electrons. The van der Waals surface area contributed by atoms with Crippen molar-refractivity contribution in [3.63, 3.8) is 0 Å². The number of aliphatic hydroxyl groups is 1. The van der Waals surface area contributed by atoms with Crippen molar-refractivity contribution in [2.45, 2.75) is 20.0 Å². The van der Waals surface area contributed by atoms with Gasteiger partial charge in [0.1, 0.15) is 0 Å². The molecule has 1 N–H and O–H groups in total. The highest BCUT2D eigenvalue weighted by Crippen LogP contribution is 2.25. The van der Waals surface area contributed by atoms with E-state index >= 15 is 0 Å². The first-order valence-electron chi connectivity index (χ1n) is 6.22. The van der Waals surface area contributed by atoms with Crippen LogP contribution in [-0.4, -0.2) is 27.5 Å². The van der Waals surface area contributed by atoms with E-state index < -0.39 is 12.1 Å².